The lowest BCUT2D eigenvalue weighted by atomic mass is 9.97. The maximum atomic E-state index is 13.0. The lowest BCUT2D eigenvalue weighted by Gasteiger charge is -2.10. The van der Waals surface area contributed by atoms with Crippen LogP contribution in [0.4, 0.5) is 19.1 Å². The number of carbonyl (C=O) groups excluding carboxylic acids is 2. The monoisotopic (exact) mass is 457 g/mol. The summed E-state index contributed by atoms with van der Waals surface area (Å²) < 4.78 is 44.4. The predicted octanol–water partition coefficient (Wildman–Crippen LogP) is 5.44. The van der Waals surface area contributed by atoms with Gasteiger partial charge in [0.15, 0.2) is 0 Å². The summed E-state index contributed by atoms with van der Waals surface area (Å²) in [6, 6.07) is 12.2. The zero-order valence-electron chi connectivity index (χ0n) is 16.1. The van der Waals surface area contributed by atoms with E-state index in [1.165, 1.54) is 23.5 Å². The second-order valence-electron chi connectivity index (χ2n) is 6.69. The molecule has 10 heteroatoms. The van der Waals surface area contributed by atoms with Crippen molar-refractivity contribution in [1.82, 2.24) is 5.16 Å². The van der Waals surface area contributed by atoms with E-state index in [9.17, 15) is 22.8 Å². The van der Waals surface area contributed by atoms with Gasteiger partial charge in [0.1, 0.15) is 5.69 Å². The van der Waals surface area contributed by atoms with Gasteiger partial charge in [0.25, 0.3) is 5.91 Å². The molecule has 0 aliphatic heterocycles. The van der Waals surface area contributed by atoms with E-state index >= 15 is 0 Å². The summed E-state index contributed by atoms with van der Waals surface area (Å²) >= 11 is 1.41. The number of anilines is 1. The molecule has 162 valence electrons. The van der Waals surface area contributed by atoms with Crippen molar-refractivity contribution < 1.29 is 27.3 Å². The predicted molar refractivity (Wildman–Crippen MR) is 113 cm³/mol. The van der Waals surface area contributed by atoms with Crippen LogP contribution >= 0.6 is 11.3 Å². The lowest BCUT2D eigenvalue weighted by molar-refractivity contribution is -0.137. The highest BCUT2D eigenvalue weighted by atomic mass is 32.1. The zero-order valence-corrected chi connectivity index (χ0v) is 17.0. The first-order chi connectivity index (χ1) is 15.3. The third-order valence-electron chi connectivity index (χ3n) is 4.63. The molecule has 4 aromatic rings. The van der Waals surface area contributed by atoms with Crippen LogP contribution in [0.1, 0.15) is 26.3 Å². The Balaban J connectivity index is 1.80. The molecule has 0 fully saturated rings. The van der Waals surface area contributed by atoms with Gasteiger partial charge in [0, 0.05) is 27.6 Å². The Morgan fingerprint density at radius 3 is 2.53 bits per heavy atom. The minimum Gasteiger partial charge on any atom is -0.366 e. The largest absolute Gasteiger partial charge is 0.416 e. The third kappa shape index (κ3) is 4.12. The van der Waals surface area contributed by atoms with E-state index in [0.717, 1.165) is 18.2 Å². The van der Waals surface area contributed by atoms with Gasteiger partial charge in [-0.15, -0.1) is 0 Å². The van der Waals surface area contributed by atoms with Crippen LogP contribution < -0.4 is 11.1 Å². The fraction of sp³-hybridized carbons (Fsp3) is 0.0455. The number of nitrogens with two attached hydrogens (primary N) is 1. The maximum absolute atomic E-state index is 13.0. The average molecular weight is 457 g/mol. The molecule has 0 saturated heterocycles. The molecular formula is C22H14F3N3O3S. The van der Waals surface area contributed by atoms with Crippen molar-refractivity contribution >= 4 is 29.0 Å². The topological polar surface area (TPSA) is 98.2 Å². The highest BCUT2D eigenvalue weighted by molar-refractivity contribution is 7.08. The van der Waals surface area contributed by atoms with Gasteiger partial charge in [-0.3, -0.25) is 14.9 Å². The lowest BCUT2D eigenvalue weighted by Crippen LogP contribution is -2.15. The van der Waals surface area contributed by atoms with Crippen LogP contribution in [-0.4, -0.2) is 17.0 Å². The van der Waals surface area contributed by atoms with Crippen molar-refractivity contribution in [2.45, 2.75) is 6.18 Å². The van der Waals surface area contributed by atoms with Crippen molar-refractivity contribution in [3.8, 4) is 22.4 Å². The Morgan fingerprint density at radius 1 is 1.06 bits per heavy atom. The number of carbonyl (C=O) groups is 2. The number of nitrogens with one attached hydrogen (secondary N) is 1. The summed E-state index contributed by atoms with van der Waals surface area (Å²) in [7, 11) is 0. The fourth-order valence-electron chi connectivity index (χ4n) is 3.15. The number of alkyl halides is 3. The molecule has 6 nitrogen and oxygen atoms in total. The van der Waals surface area contributed by atoms with Crippen molar-refractivity contribution in [3.63, 3.8) is 0 Å². The second kappa shape index (κ2) is 8.31. The molecule has 2 heterocycles. The number of hydrogen-bond donors (Lipinski definition) is 2. The van der Waals surface area contributed by atoms with E-state index < -0.39 is 23.6 Å². The first-order valence-corrected chi connectivity index (χ1v) is 10.1. The Labute approximate surface area is 183 Å². The molecule has 2 amide bonds. The summed E-state index contributed by atoms with van der Waals surface area (Å²) in [5.41, 5.74) is 6.17. The molecule has 0 aliphatic rings. The molecule has 2 aromatic heterocycles. The molecular weight excluding hydrogens is 443 g/mol. The summed E-state index contributed by atoms with van der Waals surface area (Å²) in [6.07, 6.45) is -4.60. The zero-order chi connectivity index (χ0) is 22.9. The number of nitrogens with zero attached hydrogens (tertiary/aromatic N) is 1. The Morgan fingerprint density at radius 2 is 1.84 bits per heavy atom. The van der Waals surface area contributed by atoms with Gasteiger partial charge in [0.2, 0.25) is 11.8 Å². The second-order valence-corrected chi connectivity index (χ2v) is 7.47. The molecule has 0 aliphatic carbocycles. The number of benzene rings is 2. The first-order valence-electron chi connectivity index (χ1n) is 9.15. The van der Waals surface area contributed by atoms with Gasteiger partial charge in [-0.1, -0.05) is 29.4 Å². The summed E-state index contributed by atoms with van der Waals surface area (Å²) in [5, 5.41) is 10.1. The molecule has 0 saturated carbocycles. The van der Waals surface area contributed by atoms with Gasteiger partial charge < -0.3 is 10.3 Å². The van der Waals surface area contributed by atoms with Gasteiger partial charge in [-0.25, -0.2) is 0 Å². The smallest absolute Gasteiger partial charge is 0.366 e. The number of aromatic nitrogens is 1. The van der Waals surface area contributed by atoms with Gasteiger partial charge >= 0.3 is 6.18 Å². The number of hydrogen-bond acceptors (Lipinski definition) is 5. The average Bonchev–Trinajstić information content (AvgIpc) is 3.43. The van der Waals surface area contributed by atoms with E-state index in [1.54, 1.807) is 29.6 Å². The molecule has 3 N–H and O–H groups in total. The molecule has 0 atom stereocenters. The Kier molecular flexibility index (Phi) is 5.54. The molecule has 0 bridgehead atoms. The third-order valence-corrected chi connectivity index (χ3v) is 5.31. The van der Waals surface area contributed by atoms with Crippen LogP contribution in [0, 0.1) is 0 Å². The standard InChI is InChI=1S/C22H14F3N3O3S/c23-22(24,25)14-5-3-4-12(10-14)20(30)27-21-17(15-6-1-2-7-16(15)19(26)29)18(28-31-21)13-8-9-32-11-13/h1-11H,(H2,26,29)(H,27,30). The fourth-order valence-corrected chi connectivity index (χ4v) is 3.79. The minimum absolute atomic E-state index is 0.123. The molecule has 4 rings (SSSR count). The molecule has 2 aromatic carbocycles. The Bertz CT molecular complexity index is 1300. The highest BCUT2D eigenvalue weighted by Crippen LogP contribution is 2.40. The number of primary amides is 1. The van der Waals surface area contributed by atoms with E-state index in [1.807, 2.05) is 5.38 Å². The summed E-state index contributed by atoms with van der Waals surface area (Å²) in [6.45, 7) is 0. The van der Waals surface area contributed by atoms with Gasteiger partial charge in [0.05, 0.1) is 11.1 Å². The number of rotatable bonds is 5. The number of amides is 2. The summed E-state index contributed by atoms with van der Waals surface area (Å²) in [5.74, 6) is -1.66. The van der Waals surface area contributed by atoms with E-state index in [-0.39, 0.29) is 22.6 Å². The number of halogens is 3. The summed E-state index contributed by atoms with van der Waals surface area (Å²) in [4.78, 5) is 24.7. The van der Waals surface area contributed by atoms with Gasteiger partial charge in [-0.2, -0.15) is 24.5 Å². The quantitative estimate of drug-likeness (QED) is 0.417. The van der Waals surface area contributed by atoms with Crippen molar-refractivity contribution in [2.24, 2.45) is 5.73 Å². The molecule has 0 radical (unpaired) electrons. The van der Waals surface area contributed by atoms with Crippen LogP contribution in [0.15, 0.2) is 69.9 Å². The van der Waals surface area contributed by atoms with Crippen molar-refractivity contribution in [3.05, 3.63) is 82.0 Å². The highest BCUT2D eigenvalue weighted by Gasteiger charge is 2.31. The first kappa shape index (κ1) is 21.3. The van der Waals surface area contributed by atoms with Crippen LogP contribution in [0.25, 0.3) is 22.4 Å². The SMILES string of the molecule is NC(=O)c1ccccc1-c1c(-c2ccsc2)noc1NC(=O)c1cccc(C(F)(F)F)c1. The Hall–Kier alpha value is -3.92. The van der Waals surface area contributed by atoms with Crippen LogP contribution in [0.3, 0.4) is 0 Å². The molecule has 0 spiro atoms. The van der Waals surface area contributed by atoms with Crippen molar-refractivity contribution in [1.29, 1.82) is 0 Å². The van der Waals surface area contributed by atoms with Gasteiger partial charge in [-0.05, 0) is 35.7 Å². The number of thiophene rings is 1. The van der Waals surface area contributed by atoms with Crippen molar-refractivity contribution in [2.75, 3.05) is 5.32 Å². The van der Waals surface area contributed by atoms with Crippen LogP contribution in [0.2, 0.25) is 0 Å². The normalized spacial score (nSPS) is 11.3. The van der Waals surface area contributed by atoms with Crippen LogP contribution in [0.5, 0.6) is 0 Å². The van der Waals surface area contributed by atoms with E-state index in [4.69, 9.17) is 10.3 Å². The minimum atomic E-state index is -4.60. The molecule has 32 heavy (non-hydrogen) atoms. The van der Waals surface area contributed by atoms with Crippen LogP contribution in [-0.2, 0) is 6.18 Å². The van der Waals surface area contributed by atoms with E-state index in [0.29, 0.717) is 16.8 Å². The molecule has 0 unspecified atom stereocenters. The van der Waals surface area contributed by atoms with E-state index in [2.05, 4.69) is 10.5 Å². The maximum Gasteiger partial charge on any atom is 0.416 e.